The van der Waals surface area contributed by atoms with Crippen molar-refractivity contribution in [1.29, 1.82) is 0 Å². The zero-order valence-corrected chi connectivity index (χ0v) is 10.4. The summed E-state index contributed by atoms with van der Waals surface area (Å²) in [5.41, 5.74) is 1.27. The highest BCUT2D eigenvalue weighted by Gasteiger charge is 2.13. The lowest BCUT2D eigenvalue weighted by Crippen LogP contribution is -2.22. The number of benzene rings is 1. The van der Waals surface area contributed by atoms with Gasteiger partial charge in [-0.05, 0) is 44.5 Å². The average molecular weight is 228 g/mol. The summed E-state index contributed by atoms with van der Waals surface area (Å²) in [4.78, 5) is 11.4. The second-order valence-corrected chi connectivity index (χ2v) is 4.63. The molecular formula is C15H16O2. The molecule has 0 atom stereocenters. The average Bonchev–Trinajstić information content (AvgIpc) is 2.25. The van der Waals surface area contributed by atoms with Crippen molar-refractivity contribution in [2.24, 2.45) is 0 Å². The van der Waals surface area contributed by atoms with Gasteiger partial charge in [-0.3, -0.25) is 0 Å². The monoisotopic (exact) mass is 228 g/mol. The van der Waals surface area contributed by atoms with E-state index in [9.17, 15) is 4.79 Å². The van der Waals surface area contributed by atoms with Crippen LogP contribution in [-0.2, 0) is 9.53 Å². The second kappa shape index (κ2) is 5.36. The van der Waals surface area contributed by atoms with Gasteiger partial charge in [0.1, 0.15) is 5.60 Å². The number of carbonyl (C=O) groups excluding carboxylic acids is 1. The first kappa shape index (κ1) is 13.1. The van der Waals surface area contributed by atoms with Gasteiger partial charge in [-0.15, -0.1) is 6.42 Å². The lowest BCUT2D eigenvalue weighted by molar-refractivity contribution is -0.148. The van der Waals surface area contributed by atoms with E-state index in [2.05, 4.69) is 5.92 Å². The van der Waals surface area contributed by atoms with Crippen molar-refractivity contribution in [1.82, 2.24) is 0 Å². The summed E-state index contributed by atoms with van der Waals surface area (Å²) in [6, 6.07) is 7.37. The Morgan fingerprint density at radius 3 is 2.35 bits per heavy atom. The van der Waals surface area contributed by atoms with E-state index >= 15 is 0 Å². The van der Waals surface area contributed by atoms with E-state index in [-0.39, 0.29) is 5.97 Å². The van der Waals surface area contributed by atoms with Gasteiger partial charge in [-0.2, -0.15) is 0 Å². The molecule has 1 aromatic carbocycles. The van der Waals surface area contributed by atoms with Crippen LogP contribution >= 0.6 is 0 Å². The number of carbonyl (C=O) groups is 1. The molecule has 0 spiro atoms. The Morgan fingerprint density at radius 2 is 1.88 bits per heavy atom. The molecule has 0 heterocycles. The Labute approximate surface area is 102 Å². The molecule has 0 bridgehead atoms. The van der Waals surface area contributed by atoms with Gasteiger partial charge in [0.2, 0.25) is 0 Å². The predicted octanol–water partition coefficient (Wildman–Crippen LogP) is 3.02. The number of hydrogen-bond donors (Lipinski definition) is 0. The maximum Gasteiger partial charge on any atom is 0.331 e. The van der Waals surface area contributed by atoms with Crippen LogP contribution in [0.15, 0.2) is 30.3 Å². The number of esters is 1. The van der Waals surface area contributed by atoms with Crippen molar-refractivity contribution in [3.05, 3.63) is 41.5 Å². The summed E-state index contributed by atoms with van der Waals surface area (Å²) < 4.78 is 5.15. The molecule has 88 valence electrons. The van der Waals surface area contributed by atoms with Gasteiger partial charge in [-0.1, -0.05) is 18.1 Å². The van der Waals surface area contributed by atoms with Crippen LogP contribution in [0, 0.1) is 12.3 Å². The summed E-state index contributed by atoms with van der Waals surface area (Å²) in [5.74, 6) is 2.19. The highest BCUT2D eigenvalue weighted by Crippen LogP contribution is 2.09. The smallest absolute Gasteiger partial charge is 0.331 e. The van der Waals surface area contributed by atoms with Crippen molar-refractivity contribution < 1.29 is 9.53 Å². The van der Waals surface area contributed by atoms with Crippen molar-refractivity contribution in [2.45, 2.75) is 26.4 Å². The predicted molar refractivity (Wildman–Crippen MR) is 69.3 cm³/mol. The topological polar surface area (TPSA) is 26.3 Å². The summed E-state index contributed by atoms with van der Waals surface area (Å²) in [7, 11) is 0. The Kier molecular flexibility index (Phi) is 4.12. The van der Waals surface area contributed by atoms with Gasteiger partial charge in [0, 0.05) is 11.6 Å². The first-order valence-electron chi connectivity index (χ1n) is 5.38. The van der Waals surface area contributed by atoms with E-state index in [0.717, 1.165) is 11.1 Å². The van der Waals surface area contributed by atoms with Crippen molar-refractivity contribution >= 4 is 12.0 Å². The molecule has 0 aromatic heterocycles. The van der Waals surface area contributed by atoms with E-state index in [1.54, 1.807) is 6.08 Å². The highest BCUT2D eigenvalue weighted by atomic mass is 16.6. The Bertz CT molecular complexity index is 453. The van der Waals surface area contributed by atoms with E-state index in [0.29, 0.717) is 0 Å². The molecule has 2 nitrogen and oxygen atoms in total. The van der Waals surface area contributed by atoms with Crippen molar-refractivity contribution in [3.63, 3.8) is 0 Å². The molecule has 0 amide bonds. The Balaban J connectivity index is 2.65. The highest BCUT2D eigenvalue weighted by molar-refractivity contribution is 5.87. The molecule has 0 saturated carbocycles. The van der Waals surface area contributed by atoms with Gasteiger partial charge >= 0.3 is 5.97 Å². The maximum absolute atomic E-state index is 11.4. The molecule has 0 aliphatic carbocycles. The number of hydrogen-bond acceptors (Lipinski definition) is 2. The first-order valence-corrected chi connectivity index (χ1v) is 5.38. The minimum Gasteiger partial charge on any atom is -0.457 e. The van der Waals surface area contributed by atoms with E-state index < -0.39 is 5.60 Å². The molecular weight excluding hydrogens is 212 g/mol. The minimum atomic E-state index is -0.464. The summed E-state index contributed by atoms with van der Waals surface area (Å²) in [6.45, 7) is 5.50. The SMILES string of the molecule is C#Cc1ccc(C=CC(=O)OC(C)(C)C)cc1. The Morgan fingerprint density at radius 1 is 1.29 bits per heavy atom. The largest absolute Gasteiger partial charge is 0.457 e. The fourth-order valence-corrected chi connectivity index (χ4v) is 1.19. The van der Waals surface area contributed by atoms with E-state index in [4.69, 9.17) is 11.2 Å². The third-order valence-corrected chi connectivity index (χ3v) is 1.90. The van der Waals surface area contributed by atoms with Crippen LogP contribution < -0.4 is 0 Å². The molecule has 1 aromatic rings. The van der Waals surface area contributed by atoms with Crippen LogP contribution in [0.1, 0.15) is 31.9 Å². The van der Waals surface area contributed by atoms with Crippen LogP contribution in [0.5, 0.6) is 0 Å². The molecule has 0 aliphatic rings. The molecule has 0 fully saturated rings. The number of terminal acetylenes is 1. The van der Waals surface area contributed by atoms with Gasteiger partial charge in [-0.25, -0.2) is 4.79 Å². The molecule has 17 heavy (non-hydrogen) atoms. The number of ether oxygens (including phenoxy) is 1. The Hall–Kier alpha value is -2.01. The van der Waals surface area contributed by atoms with Crippen molar-refractivity contribution in [3.8, 4) is 12.3 Å². The van der Waals surface area contributed by atoms with E-state index in [1.165, 1.54) is 6.08 Å². The normalized spacial score (nSPS) is 11.2. The molecule has 0 N–H and O–H groups in total. The van der Waals surface area contributed by atoms with Crippen molar-refractivity contribution in [2.75, 3.05) is 0 Å². The molecule has 2 heteroatoms. The minimum absolute atomic E-state index is 0.349. The quantitative estimate of drug-likeness (QED) is 0.442. The van der Waals surface area contributed by atoms with Gasteiger partial charge in [0.15, 0.2) is 0 Å². The zero-order chi connectivity index (χ0) is 12.9. The number of rotatable bonds is 2. The third kappa shape index (κ3) is 5.03. The lowest BCUT2D eigenvalue weighted by Gasteiger charge is -2.17. The van der Waals surface area contributed by atoms with Crippen LogP contribution in [0.2, 0.25) is 0 Å². The van der Waals surface area contributed by atoms with Crippen LogP contribution in [0.25, 0.3) is 6.08 Å². The maximum atomic E-state index is 11.4. The fourth-order valence-electron chi connectivity index (χ4n) is 1.19. The van der Waals surface area contributed by atoms with Crippen LogP contribution in [0.4, 0.5) is 0 Å². The van der Waals surface area contributed by atoms with Gasteiger partial charge in [0.25, 0.3) is 0 Å². The molecule has 0 radical (unpaired) electrons. The summed E-state index contributed by atoms with van der Waals surface area (Å²) in [6.07, 6.45) is 8.36. The molecule has 0 unspecified atom stereocenters. The fraction of sp³-hybridized carbons (Fsp3) is 0.267. The first-order chi connectivity index (χ1) is 7.90. The van der Waals surface area contributed by atoms with Gasteiger partial charge < -0.3 is 4.74 Å². The summed E-state index contributed by atoms with van der Waals surface area (Å²) >= 11 is 0. The molecule has 1 rings (SSSR count). The van der Waals surface area contributed by atoms with Crippen LogP contribution in [-0.4, -0.2) is 11.6 Å². The third-order valence-electron chi connectivity index (χ3n) is 1.90. The van der Waals surface area contributed by atoms with Crippen LogP contribution in [0.3, 0.4) is 0 Å². The lowest BCUT2D eigenvalue weighted by atomic mass is 10.1. The van der Waals surface area contributed by atoms with E-state index in [1.807, 2.05) is 45.0 Å². The summed E-state index contributed by atoms with van der Waals surface area (Å²) in [5, 5.41) is 0. The second-order valence-electron chi connectivity index (χ2n) is 4.63. The zero-order valence-electron chi connectivity index (χ0n) is 10.4. The molecule has 0 aliphatic heterocycles. The molecule has 0 saturated heterocycles. The van der Waals surface area contributed by atoms with Gasteiger partial charge in [0.05, 0.1) is 0 Å². The standard InChI is InChI=1S/C15H16O2/c1-5-12-6-8-13(9-7-12)10-11-14(16)17-15(2,3)4/h1,6-11H,2-4H3.